The molecule has 0 saturated heterocycles. The third kappa shape index (κ3) is 3.50. The van der Waals surface area contributed by atoms with Crippen molar-refractivity contribution in [1.82, 2.24) is 10.7 Å². The third-order valence-electron chi connectivity index (χ3n) is 6.72. The number of carbonyl (C=O) groups is 3. The molecule has 0 bridgehead atoms. The molecule has 3 amide bonds. The second-order valence-corrected chi connectivity index (χ2v) is 9.21. The van der Waals surface area contributed by atoms with Crippen LogP contribution in [-0.4, -0.2) is 29.5 Å². The number of hydrazone groups is 1. The topological polar surface area (TPSA) is 99.7 Å². The molecule has 7 heteroatoms. The average molecular weight is 411 g/mol. The largest absolute Gasteiger partial charge is 0.354 e. The first-order chi connectivity index (χ1) is 14.3. The van der Waals surface area contributed by atoms with Crippen molar-refractivity contribution in [3.63, 3.8) is 0 Å². The molecule has 1 aromatic carbocycles. The normalized spacial score (nSPS) is 28.3. The Morgan fingerprint density at radius 1 is 1.13 bits per heavy atom. The van der Waals surface area contributed by atoms with Gasteiger partial charge in [0.1, 0.15) is 0 Å². The van der Waals surface area contributed by atoms with E-state index in [9.17, 15) is 14.4 Å². The minimum Gasteiger partial charge on any atom is -0.354 e. The second kappa shape index (κ2) is 7.85. The van der Waals surface area contributed by atoms with Crippen molar-refractivity contribution in [1.29, 1.82) is 0 Å². The van der Waals surface area contributed by atoms with Gasteiger partial charge in [-0.1, -0.05) is 44.4 Å². The van der Waals surface area contributed by atoms with Crippen molar-refractivity contribution in [2.24, 2.45) is 28.3 Å². The zero-order valence-electron chi connectivity index (χ0n) is 17.8. The van der Waals surface area contributed by atoms with Crippen molar-refractivity contribution in [2.45, 2.75) is 58.9 Å². The van der Waals surface area contributed by atoms with Crippen molar-refractivity contribution < 1.29 is 14.4 Å². The van der Waals surface area contributed by atoms with E-state index in [1.807, 2.05) is 45.0 Å². The summed E-state index contributed by atoms with van der Waals surface area (Å²) in [5.41, 5.74) is 3.98. The number of nitrogens with zero attached hydrogens (tertiary/aromatic N) is 1. The van der Waals surface area contributed by atoms with Crippen molar-refractivity contribution in [3.05, 3.63) is 29.8 Å². The van der Waals surface area contributed by atoms with E-state index < -0.39 is 17.3 Å². The van der Waals surface area contributed by atoms with Gasteiger partial charge in [0.25, 0.3) is 0 Å². The molecule has 1 heterocycles. The summed E-state index contributed by atoms with van der Waals surface area (Å²) in [5.74, 6) is -1.21. The fourth-order valence-corrected chi connectivity index (χ4v) is 5.08. The Kier molecular flexibility index (Phi) is 5.38. The van der Waals surface area contributed by atoms with Gasteiger partial charge >= 0.3 is 0 Å². The zero-order chi connectivity index (χ0) is 21.5. The predicted octanol–water partition coefficient (Wildman–Crippen LogP) is 2.82. The highest BCUT2D eigenvalue weighted by Crippen LogP contribution is 2.62. The summed E-state index contributed by atoms with van der Waals surface area (Å²) in [5, 5.41) is 10.4. The summed E-state index contributed by atoms with van der Waals surface area (Å²) in [6.07, 6.45) is 5.21. The lowest BCUT2D eigenvalue weighted by Gasteiger charge is -2.24. The molecule has 30 heavy (non-hydrogen) atoms. The lowest BCUT2D eigenvalue weighted by Crippen LogP contribution is -2.35. The molecule has 0 spiro atoms. The molecule has 2 fully saturated rings. The van der Waals surface area contributed by atoms with Gasteiger partial charge in [-0.3, -0.25) is 14.4 Å². The number of hydrogen-bond acceptors (Lipinski definition) is 4. The summed E-state index contributed by atoms with van der Waals surface area (Å²) >= 11 is 0. The Balaban J connectivity index is 1.61. The lowest BCUT2D eigenvalue weighted by atomic mass is 9.87. The monoisotopic (exact) mass is 410 g/mol. The van der Waals surface area contributed by atoms with Gasteiger partial charge in [0, 0.05) is 28.6 Å². The highest BCUT2D eigenvalue weighted by Gasteiger charge is 2.72. The van der Waals surface area contributed by atoms with Gasteiger partial charge in [-0.05, 0) is 32.8 Å². The van der Waals surface area contributed by atoms with Crippen LogP contribution in [-0.2, 0) is 14.4 Å². The van der Waals surface area contributed by atoms with Gasteiger partial charge in [-0.15, -0.1) is 0 Å². The number of nitrogens with one attached hydrogen (secondary N) is 3. The van der Waals surface area contributed by atoms with E-state index in [0.29, 0.717) is 11.4 Å². The number of carbonyl (C=O) groups excluding carboxylic acids is 3. The van der Waals surface area contributed by atoms with Crippen molar-refractivity contribution in [3.8, 4) is 0 Å². The fraction of sp³-hybridized carbons (Fsp3) is 0.565. The average Bonchev–Trinajstić information content (AvgIpc) is 3.37. The van der Waals surface area contributed by atoms with Crippen LogP contribution in [0, 0.1) is 23.2 Å². The molecule has 3 N–H and O–H groups in total. The van der Waals surface area contributed by atoms with Gasteiger partial charge in [0.05, 0.1) is 17.5 Å². The molecule has 1 aliphatic heterocycles. The summed E-state index contributed by atoms with van der Waals surface area (Å²) in [7, 11) is 0. The number of hydrogen-bond donors (Lipinski definition) is 3. The number of rotatable bonds is 5. The summed E-state index contributed by atoms with van der Waals surface area (Å²) in [6.45, 7) is 5.72. The molecule has 7 nitrogen and oxygen atoms in total. The minimum atomic E-state index is -0.688. The smallest absolute Gasteiger partial charge is 0.245 e. The molecule has 0 aromatic heterocycles. The molecule has 4 rings (SSSR count). The van der Waals surface area contributed by atoms with E-state index >= 15 is 0 Å². The van der Waals surface area contributed by atoms with Crippen LogP contribution >= 0.6 is 0 Å². The Bertz CT molecular complexity index is 903. The number of amides is 3. The van der Waals surface area contributed by atoms with E-state index in [0.717, 1.165) is 31.2 Å². The summed E-state index contributed by atoms with van der Waals surface area (Å²) in [6, 6.07) is 7.50. The Morgan fingerprint density at radius 2 is 1.83 bits per heavy atom. The van der Waals surface area contributed by atoms with Gasteiger partial charge in [-0.25, -0.2) is 5.43 Å². The first kappa shape index (κ1) is 20.6. The van der Waals surface area contributed by atoms with Crippen LogP contribution < -0.4 is 16.1 Å². The van der Waals surface area contributed by atoms with E-state index in [1.54, 1.807) is 0 Å². The third-order valence-corrected chi connectivity index (χ3v) is 6.72. The van der Waals surface area contributed by atoms with Crippen LogP contribution in [0.1, 0.15) is 58.4 Å². The molecular weight excluding hydrogens is 380 g/mol. The van der Waals surface area contributed by atoms with Gasteiger partial charge in [0.15, 0.2) is 0 Å². The molecule has 160 valence electrons. The van der Waals surface area contributed by atoms with Crippen LogP contribution in [0.2, 0.25) is 0 Å². The van der Waals surface area contributed by atoms with Crippen LogP contribution in [0.4, 0.5) is 5.69 Å². The first-order valence-corrected chi connectivity index (χ1v) is 10.9. The van der Waals surface area contributed by atoms with Crippen molar-refractivity contribution >= 4 is 29.1 Å². The lowest BCUT2D eigenvalue weighted by molar-refractivity contribution is -0.127. The van der Waals surface area contributed by atoms with Gasteiger partial charge < -0.3 is 10.6 Å². The number of benzene rings is 1. The molecule has 0 radical (unpaired) electrons. The minimum absolute atomic E-state index is 0.00530. The quantitative estimate of drug-likeness (QED) is 0.696. The molecule has 3 aliphatic rings. The first-order valence-electron chi connectivity index (χ1n) is 10.9. The van der Waals surface area contributed by atoms with Crippen molar-refractivity contribution in [2.75, 3.05) is 5.32 Å². The summed E-state index contributed by atoms with van der Waals surface area (Å²) < 4.78 is 0. The maximum Gasteiger partial charge on any atom is 0.245 e. The number of para-hydroxylation sites is 1. The molecule has 2 aliphatic carbocycles. The van der Waals surface area contributed by atoms with E-state index in [4.69, 9.17) is 0 Å². The van der Waals surface area contributed by atoms with E-state index in [-0.39, 0.29) is 29.7 Å². The molecule has 3 atom stereocenters. The van der Waals surface area contributed by atoms with E-state index in [1.165, 1.54) is 6.42 Å². The fourth-order valence-electron chi connectivity index (χ4n) is 5.08. The van der Waals surface area contributed by atoms with Gasteiger partial charge in [-0.2, -0.15) is 5.10 Å². The summed E-state index contributed by atoms with van der Waals surface area (Å²) in [4.78, 5) is 38.0. The maximum absolute atomic E-state index is 12.8. The Labute approximate surface area is 177 Å². The molecule has 0 unspecified atom stereocenters. The molecular formula is C23H30N4O3. The zero-order valence-corrected chi connectivity index (χ0v) is 17.8. The Hall–Kier alpha value is -2.70. The molecule has 1 aromatic rings. The standard InChI is InChI=1S/C23H30N4O3/c1-13(2)24-21(29)17-18-22(30)27-26-19(23(17,18)3)15-11-7-8-12-16(15)25-20(28)14-9-5-4-6-10-14/h7-8,11-14,17-18H,4-6,9-10H2,1-3H3,(H,24,29)(H,25,28)(H,27,30)/t17-,18+,23+/m0/s1. The van der Waals surface area contributed by atoms with Crippen LogP contribution in [0.25, 0.3) is 0 Å². The Morgan fingerprint density at radius 3 is 2.53 bits per heavy atom. The highest BCUT2D eigenvalue weighted by atomic mass is 16.2. The van der Waals surface area contributed by atoms with Gasteiger partial charge in [0.2, 0.25) is 17.7 Å². The van der Waals surface area contributed by atoms with Crippen LogP contribution in [0.5, 0.6) is 0 Å². The maximum atomic E-state index is 12.8. The highest BCUT2D eigenvalue weighted by molar-refractivity contribution is 6.19. The molecule has 2 saturated carbocycles. The predicted molar refractivity (Wildman–Crippen MR) is 115 cm³/mol. The van der Waals surface area contributed by atoms with E-state index in [2.05, 4.69) is 21.2 Å². The number of anilines is 1. The number of fused-ring (bicyclic) bond motifs is 1. The van der Waals surface area contributed by atoms with Crippen LogP contribution in [0.15, 0.2) is 29.4 Å². The second-order valence-electron chi connectivity index (χ2n) is 9.21. The SMILES string of the molecule is CC(C)NC(=O)[C@@H]1[C@@H]2C(=O)NN=C(c3ccccc3NC(=O)C3CCCCC3)[C@]12C. The van der Waals surface area contributed by atoms with Crippen LogP contribution in [0.3, 0.4) is 0 Å².